The molecule has 0 saturated carbocycles. The highest BCUT2D eigenvalue weighted by Gasteiger charge is 2.23. The summed E-state index contributed by atoms with van der Waals surface area (Å²) in [5, 5.41) is 14.3. The fourth-order valence-electron chi connectivity index (χ4n) is 1.80. The highest BCUT2D eigenvalue weighted by Crippen LogP contribution is 2.24. The molecule has 0 amide bonds. The zero-order chi connectivity index (χ0) is 12.4. The molecule has 1 aromatic rings. The summed E-state index contributed by atoms with van der Waals surface area (Å²) < 4.78 is 12.3. The molecule has 1 aromatic heterocycles. The van der Waals surface area contributed by atoms with E-state index in [0.717, 1.165) is 6.42 Å². The number of anilines is 1. The van der Waals surface area contributed by atoms with E-state index >= 15 is 0 Å². The molecule has 8 nitrogen and oxygen atoms in total. The molecular weight excluding hydrogens is 247 g/mol. The summed E-state index contributed by atoms with van der Waals surface area (Å²) in [7, 11) is -2.71. The van der Waals surface area contributed by atoms with Crippen LogP contribution in [0.2, 0.25) is 0 Å². The Kier molecular flexibility index (Phi) is 3.46. The summed E-state index contributed by atoms with van der Waals surface area (Å²) in [4.78, 5) is 23.4. The van der Waals surface area contributed by atoms with E-state index in [-0.39, 0.29) is 11.7 Å². The fraction of sp³-hybridized carbons (Fsp3) is 0.500. The number of hydrogen-bond acceptors (Lipinski definition) is 4. The average Bonchev–Trinajstić information content (AvgIpc) is 2.70. The Labute approximate surface area is 97.6 Å². The van der Waals surface area contributed by atoms with Crippen molar-refractivity contribution < 1.29 is 19.4 Å². The highest BCUT2D eigenvalue weighted by atomic mass is 31.1. The third-order valence-corrected chi connectivity index (χ3v) is 3.10. The van der Waals surface area contributed by atoms with Crippen molar-refractivity contribution in [2.75, 3.05) is 18.4 Å². The molecule has 9 heteroatoms. The molecule has 0 saturated heterocycles. The standard InChI is InChI=1S/C8H13N4O4P/c13-7(14)6-4-12-5(3-10-17(15)16)1-2-9-8(12)11-6/h4-5,17H,1-3H2,(H,9,11)(H,13,14)(H2,10,15,16). The molecule has 1 aliphatic heterocycles. The van der Waals surface area contributed by atoms with Gasteiger partial charge in [-0.1, -0.05) is 0 Å². The minimum absolute atomic E-state index is 0.0314. The van der Waals surface area contributed by atoms with Crippen molar-refractivity contribution >= 4 is 20.1 Å². The summed E-state index contributed by atoms with van der Waals surface area (Å²) in [5.74, 6) is -0.603. The lowest BCUT2D eigenvalue weighted by Gasteiger charge is -2.25. The van der Waals surface area contributed by atoms with Crippen molar-refractivity contribution in [2.45, 2.75) is 12.5 Å². The lowest BCUT2D eigenvalue weighted by Crippen LogP contribution is -2.28. The van der Waals surface area contributed by atoms with Crippen LogP contribution in [0.1, 0.15) is 23.0 Å². The first-order chi connectivity index (χ1) is 8.08. The number of rotatable bonds is 4. The van der Waals surface area contributed by atoms with Gasteiger partial charge in [0, 0.05) is 19.3 Å². The van der Waals surface area contributed by atoms with E-state index in [0.29, 0.717) is 19.0 Å². The van der Waals surface area contributed by atoms with Crippen molar-refractivity contribution in [1.29, 1.82) is 0 Å². The molecule has 2 heterocycles. The normalized spacial score (nSPS) is 20.4. The summed E-state index contributed by atoms with van der Waals surface area (Å²) >= 11 is 0. The highest BCUT2D eigenvalue weighted by molar-refractivity contribution is 7.35. The van der Waals surface area contributed by atoms with Crippen LogP contribution in [0.4, 0.5) is 5.95 Å². The third kappa shape index (κ3) is 2.66. The van der Waals surface area contributed by atoms with Gasteiger partial charge in [-0.2, -0.15) is 0 Å². The molecule has 2 atom stereocenters. The third-order valence-electron chi connectivity index (χ3n) is 2.59. The summed E-state index contributed by atoms with van der Waals surface area (Å²) in [5.41, 5.74) is -0.0314. The molecule has 1 aliphatic rings. The lowest BCUT2D eigenvalue weighted by molar-refractivity contribution is 0.0691. The lowest BCUT2D eigenvalue weighted by atomic mass is 10.2. The Hall–Kier alpha value is -1.37. The minimum atomic E-state index is -2.71. The van der Waals surface area contributed by atoms with Gasteiger partial charge in [-0.05, 0) is 6.42 Å². The number of nitrogens with zero attached hydrogens (tertiary/aromatic N) is 2. The van der Waals surface area contributed by atoms with E-state index in [9.17, 15) is 9.36 Å². The van der Waals surface area contributed by atoms with Crippen LogP contribution in [0.3, 0.4) is 0 Å². The van der Waals surface area contributed by atoms with Crippen LogP contribution in [0.15, 0.2) is 6.20 Å². The van der Waals surface area contributed by atoms with Gasteiger partial charge >= 0.3 is 5.97 Å². The van der Waals surface area contributed by atoms with Crippen LogP contribution in [0, 0.1) is 0 Å². The average molecular weight is 260 g/mol. The summed E-state index contributed by atoms with van der Waals surface area (Å²) in [6, 6.07) is -0.0621. The summed E-state index contributed by atoms with van der Waals surface area (Å²) in [6.45, 7) is 0.979. The van der Waals surface area contributed by atoms with Crippen LogP contribution in [-0.2, 0) is 4.57 Å². The van der Waals surface area contributed by atoms with Crippen molar-refractivity contribution in [3.8, 4) is 0 Å². The first-order valence-electron chi connectivity index (χ1n) is 5.10. The van der Waals surface area contributed by atoms with Gasteiger partial charge < -0.3 is 19.9 Å². The van der Waals surface area contributed by atoms with Gasteiger partial charge in [0.05, 0.1) is 6.04 Å². The Morgan fingerprint density at radius 3 is 3.18 bits per heavy atom. The first kappa shape index (κ1) is 12.1. The van der Waals surface area contributed by atoms with Crippen LogP contribution >= 0.6 is 8.18 Å². The zero-order valence-electron chi connectivity index (χ0n) is 8.88. The van der Waals surface area contributed by atoms with Gasteiger partial charge in [-0.3, -0.25) is 4.57 Å². The molecule has 0 aliphatic carbocycles. The van der Waals surface area contributed by atoms with E-state index in [1.807, 2.05) is 0 Å². The number of hydrogen-bond donors (Lipinski definition) is 4. The predicted molar refractivity (Wildman–Crippen MR) is 60.6 cm³/mol. The van der Waals surface area contributed by atoms with E-state index in [1.54, 1.807) is 4.57 Å². The van der Waals surface area contributed by atoms with Crippen LogP contribution in [-0.4, -0.2) is 38.6 Å². The molecule has 2 rings (SSSR count). The number of nitrogens with one attached hydrogen (secondary N) is 2. The Balaban J connectivity index is 2.18. The van der Waals surface area contributed by atoms with E-state index < -0.39 is 14.1 Å². The van der Waals surface area contributed by atoms with Gasteiger partial charge in [0.25, 0.3) is 8.18 Å². The Morgan fingerprint density at radius 1 is 1.76 bits per heavy atom. The van der Waals surface area contributed by atoms with E-state index in [1.165, 1.54) is 6.20 Å². The molecule has 0 fully saturated rings. The maximum absolute atomic E-state index is 10.8. The molecule has 0 spiro atoms. The molecule has 0 aromatic carbocycles. The number of aromatic nitrogens is 2. The van der Waals surface area contributed by atoms with Gasteiger partial charge in [-0.15, -0.1) is 0 Å². The van der Waals surface area contributed by atoms with Crippen molar-refractivity contribution in [3.05, 3.63) is 11.9 Å². The van der Waals surface area contributed by atoms with Gasteiger partial charge in [0.1, 0.15) is 0 Å². The molecule has 0 bridgehead atoms. The molecule has 17 heavy (non-hydrogen) atoms. The van der Waals surface area contributed by atoms with Gasteiger partial charge in [0.15, 0.2) is 5.69 Å². The monoisotopic (exact) mass is 260 g/mol. The van der Waals surface area contributed by atoms with Crippen molar-refractivity contribution in [3.63, 3.8) is 0 Å². The van der Waals surface area contributed by atoms with Gasteiger partial charge in [0.2, 0.25) is 5.95 Å². The molecule has 0 radical (unpaired) electrons. The number of aromatic carboxylic acids is 1. The summed E-state index contributed by atoms with van der Waals surface area (Å²) in [6.07, 6.45) is 2.18. The van der Waals surface area contributed by atoms with Crippen molar-refractivity contribution in [2.24, 2.45) is 0 Å². The van der Waals surface area contributed by atoms with Crippen LogP contribution in [0.25, 0.3) is 0 Å². The number of fused-ring (bicyclic) bond motifs is 1. The number of imidazole rings is 1. The quantitative estimate of drug-likeness (QED) is 0.559. The second-order valence-corrected chi connectivity index (χ2v) is 4.68. The van der Waals surface area contributed by atoms with Crippen LogP contribution in [0.5, 0.6) is 0 Å². The zero-order valence-corrected chi connectivity index (χ0v) is 9.88. The largest absolute Gasteiger partial charge is 0.476 e. The predicted octanol–water partition coefficient (Wildman–Crippen LogP) is -0.0904. The SMILES string of the molecule is O=C(O)c1cn2c(n1)NCCC2CN[PH](=O)O. The van der Waals surface area contributed by atoms with E-state index in [2.05, 4.69) is 15.4 Å². The van der Waals surface area contributed by atoms with Crippen LogP contribution < -0.4 is 10.4 Å². The van der Waals surface area contributed by atoms with Gasteiger partial charge in [-0.25, -0.2) is 14.9 Å². The number of carbonyl (C=O) groups is 1. The fourth-order valence-corrected chi connectivity index (χ4v) is 2.21. The Morgan fingerprint density at radius 2 is 2.53 bits per heavy atom. The van der Waals surface area contributed by atoms with Crippen molar-refractivity contribution in [1.82, 2.24) is 14.6 Å². The molecular formula is C8H13N4O4P. The molecule has 4 N–H and O–H groups in total. The first-order valence-corrected chi connectivity index (χ1v) is 6.46. The second-order valence-electron chi connectivity index (χ2n) is 3.72. The minimum Gasteiger partial charge on any atom is -0.476 e. The maximum Gasteiger partial charge on any atom is 0.356 e. The smallest absolute Gasteiger partial charge is 0.356 e. The topological polar surface area (TPSA) is 116 Å². The molecule has 94 valence electrons. The second kappa shape index (κ2) is 4.87. The number of carboxylic acids is 1. The molecule has 2 unspecified atom stereocenters. The number of carboxylic acid groups (broad SMARTS) is 1. The van der Waals surface area contributed by atoms with E-state index in [4.69, 9.17) is 10.00 Å². The Bertz CT molecular complexity index is 460. The maximum atomic E-state index is 10.8.